The van der Waals surface area contributed by atoms with Gasteiger partial charge in [-0.2, -0.15) is 0 Å². The summed E-state index contributed by atoms with van der Waals surface area (Å²) in [6.07, 6.45) is 2.82. The van der Waals surface area contributed by atoms with Crippen molar-refractivity contribution in [3.05, 3.63) is 94.2 Å². The number of carbonyl (C=O) groups excluding carboxylic acids is 2. The van der Waals surface area contributed by atoms with E-state index in [1.54, 1.807) is 30.0 Å². The lowest BCUT2D eigenvalue weighted by Crippen LogP contribution is -2.33. The third-order valence-electron chi connectivity index (χ3n) is 7.29. The van der Waals surface area contributed by atoms with E-state index in [0.29, 0.717) is 41.5 Å². The molecule has 2 aliphatic rings. The van der Waals surface area contributed by atoms with Gasteiger partial charge in [0.1, 0.15) is 17.3 Å². The van der Waals surface area contributed by atoms with Crippen LogP contribution in [-0.4, -0.2) is 42.6 Å². The Morgan fingerprint density at radius 2 is 1.98 bits per heavy atom. The van der Waals surface area contributed by atoms with Crippen LogP contribution in [0.3, 0.4) is 0 Å². The van der Waals surface area contributed by atoms with Gasteiger partial charge in [-0.15, -0.1) is 11.3 Å². The van der Waals surface area contributed by atoms with E-state index < -0.39 is 5.82 Å². The molecule has 0 radical (unpaired) electrons. The maximum Gasteiger partial charge on any atom is 0.276 e. The summed E-state index contributed by atoms with van der Waals surface area (Å²) in [6.45, 7) is 3.64. The first-order valence-corrected chi connectivity index (χ1v) is 14.2. The second-order valence-electron chi connectivity index (χ2n) is 10.00. The monoisotopic (exact) mass is 556 g/mol. The molecule has 7 nitrogen and oxygen atoms in total. The largest absolute Gasteiger partial charge is 0.376 e. The van der Waals surface area contributed by atoms with E-state index in [9.17, 15) is 14.0 Å². The highest BCUT2D eigenvalue weighted by molar-refractivity contribution is 7.17. The van der Waals surface area contributed by atoms with Gasteiger partial charge < -0.3 is 20.3 Å². The third-order valence-corrected chi connectivity index (χ3v) is 8.50. The highest BCUT2D eigenvalue weighted by Gasteiger charge is 2.28. The summed E-state index contributed by atoms with van der Waals surface area (Å²) in [5, 5.41) is 6.04. The minimum absolute atomic E-state index is 0.167. The minimum atomic E-state index is -0.467. The zero-order chi connectivity index (χ0) is 27.6. The van der Waals surface area contributed by atoms with Crippen LogP contribution in [0.4, 0.5) is 21.6 Å². The molecule has 4 heterocycles. The SMILES string of the molecule is Cc1cccc(F)c1NC(=O)c1cc2c(s1)-c1ccccc1N(C(=O)c1cccc(NC[C@@H]3CCCO3)n1)CC2. The standard InChI is InChI=1S/C31H29FN4O3S/c1-19-7-4-10-23(32)28(19)35-30(37)26-17-20-14-15-36(25-12-3-2-9-22(25)29(20)40-26)31(38)24-11-5-13-27(34-24)33-18-21-8-6-16-39-21/h2-5,7,9-13,17,21H,6,8,14-16,18H2,1H3,(H,33,34)(H,35,37)/t21-/m0/s1. The summed E-state index contributed by atoms with van der Waals surface area (Å²) in [4.78, 5) is 34.7. The van der Waals surface area contributed by atoms with E-state index in [0.717, 1.165) is 41.1 Å². The fourth-order valence-corrected chi connectivity index (χ4v) is 6.34. The normalized spacial score (nSPS) is 16.1. The number of halogens is 1. The Balaban J connectivity index is 1.25. The Morgan fingerprint density at radius 1 is 1.12 bits per heavy atom. The Labute approximate surface area is 236 Å². The maximum absolute atomic E-state index is 14.3. The Morgan fingerprint density at radius 3 is 2.80 bits per heavy atom. The Hall–Kier alpha value is -4.08. The van der Waals surface area contributed by atoms with Crippen LogP contribution >= 0.6 is 11.3 Å². The second kappa shape index (κ2) is 11.2. The van der Waals surface area contributed by atoms with Gasteiger partial charge in [0, 0.05) is 30.1 Å². The highest BCUT2D eigenvalue weighted by atomic mass is 32.1. The zero-order valence-corrected chi connectivity index (χ0v) is 22.9. The number of nitrogens with zero attached hydrogens (tertiary/aromatic N) is 2. The maximum atomic E-state index is 14.3. The topological polar surface area (TPSA) is 83.6 Å². The average molecular weight is 557 g/mol. The number of benzene rings is 2. The molecule has 0 unspecified atom stereocenters. The van der Waals surface area contributed by atoms with Crippen molar-refractivity contribution in [1.82, 2.24) is 4.98 Å². The van der Waals surface area contributed by atoms with Crippen molar-refractivity contribution in [3.63, 3.8) is 0 Å². The van der Waals surface area contributed by atoms with Crippen molar-refractivity contribution in [2.45, 2.75) is 32.3 Å². The first kappa shape index (κ1) is 26.2. The lowest BCUT2D eigenvalue weighted by molar-refractivity contribution is 0.0981. The van der Waals surface area contributed by atoms with Crippen LogP contribution in [0.15, 0.2) is 66.7 Å². The van der Waals surface area contributed by atoms with Crippen molar-refractivity contribution in [3.8, 4) is 10.4 Å². The van der Waals surface area contributed by atoms with Gasteiger partial charge in [0.25, 0.3) is 11.8 Å². The van der Waals surface area contributed by atoms with E-state index in [4.69, 9.17) is 4.74 Å². The molecule has 0 aliphatic carbocycles. The Bertz CT molecular complexity index is 1560. The van der Waals surface area contributed by atoms with Crippen molar-refractivity contribution in [1.29, 1.82) is 0 Å². The van der Waals surface area contributed by atoms with Crippen LogP contribution in [0.25, 0.3) is 10.4 Å². The smallest absolute Gasteiger partial charge is 0.276 e. The summed E-state index contributed by atoms with van der Waals surface area (Å²) < 4.78 is 20.0. The van der Waals surface area contributed by atoms with Gasteiger partial charge in [-0.1, -0.05) is 36.4 Å². The number of hydrogen-bond acceptors (Lipinski definition) is 6. The molecule has 0 saturated carbocycles. The van der Waals surface area contributed by atoms with Gasteiger partial charge in [0.2, 0.25) is 0 Å². The predicted octanol–water partition coefficient (Wildman–Crippen LogP) is 6.30. The second-order valence-corrected chi connectivity index (χ2v) is 11.1. The van der Waals surface area contributed by atoms with Crippen LogP contribution in [0, 0.1) is 12.7 Å². The number of para-hydroxylation sites is 2. The van der Waals surface area contributed by atoms with Crippen molar-refractivity contribution < 1.29 is 18.7 Å². The molecule has 4 aromatic rings. The molecule has 2 amide bonds. The Kier molecular flexibility index (Phi) is 7.32. The fourth-order valence-electron chi connectivity index (χ4n) is 5.20. The summed E-state index contributed by atoms with van der Waals surface area (Å²) in [7, 11) is 0. The molecule has 1 fully saturated rings. The number of aryl methyl sites for hydroxylation is 1. The molecule has 0 spiro atoms. The van der Waals surface area contributed by atoms with Crippen LogP contribution < -0.4 is 15.5 Å². The van der Waals surface area contributed by atoms with Gasteiger partial charge in [0.05, 0.1) is 22.4 Å². The fraction of sp³-hybridized carbons (Fsp3) is 0.258. The molecular formula is C31H29FN4O3S. The molecule has 1 atom stereocenters. The lowest BCUT2D eigenvalue weighted by Gasteiger charge is -2.23. The van der Waals surface area contributed by atoms with Gasteiger partial charge in [-0.25, -0.2) is 9.37 Å². The molecule has 0 bridgehead atoms. The number of rotatable bonds is 6. The van der Waals surface area contributed by atoms with E-state index in [2.05, 4.69) is 15.6 Å². The quantitative estimate of drug-likeness (QED) is 0.291. The van der Waals surface area contributed by atoms with Crippen molar-refractivity contribution in [2.24, 2.45) is 0 Å². The van der Waals surface area contributed by atoms with Crippen LogP contribution in [-0.2, 0) is 11.2 Å². The summed E-state index contributed by atoms with van der Waals surface area (Å²) in [6, 6.07) is 19.7. The molecule has 2 aliphatic heterocycles. The summed E-state index contributed by atoms with van der Waals surface area (Å²) >= 11 is 1.35. The summed E-state index contributed by atoms with van der Waals surface area (Å²) in [5.41, 5.74) is 3.83. The van der Waals surface area contributed by atoms with Crippen molar-refractivity contribution >= 4 is 40.3 Å². The number of thiophene rings is 1. The van der Waals surface area contributed by atoms with E-state index in [1.165, 1.54) is 17.4 Å². The lowest BCUT2D eigenvalue weighted by atomic mass is 10.1. The van der Waals surface area contributed by atoms with E-state index >= 15 is 0 Å². The van der Waals surface area contributed by atoms with Crippen molar-refractivity contribution in [2.75, 3.05) is 35.2 Å². The van der Waals surface area contributed by atoms with Crippen LogP contribution in [0.2, 0.25) is 0 Å². The number of amides is 2. The minimum Gasteiger partial charge on any atom is -0.376 e. The first-order valence-electron chi connectivity index (χ1n) is 13.4. The van der Waals surface area contributed by atoms with Gasteiger partial charge in [0.15, 0.2) is 0 Å². The molecular weight excluding hydrogens is 527 g/mol. The molecule has 1 saturated heterocycles. The third kappa shape index (κ3) is 5.22. The number of pyridine rings is 1. The highest BCUT2D eigenvalue weighted by Crippen LogP contribution is 2.42. The number of nitrogens with one attached hydrogen (secondary N) is 2. The number of anilines is 3. The molecule has 9 heteroatoms. The summed E-state index contributed by atoms with van der Waals surface area (Å²) in [5.74, 6) is -0.361. The van der Waals surface area contributed by atoms with Gasteiger partial charge in [-0.3, -0.25) is 9.59 Å². The number of aromatic nitrogens is 1. The number of ether oxygens (including phenoxy) is 1. The van der Waals surface area contributed by atoms with E-state index in [1.807, 2.05) is 42.5 Å². The van der Waals surface area contributed by atoms with E-state index in [-0.39, 0.29) is 23.6 Å². The molecule has 2 aromatic carbocycles. The molecule has 2 aromatic heterocycles. The zero-order valence-electron chi connectivity index (χ0n) is 22.1. The van der Waals surface area contributed by atoms with Gasteiger partial charge in [-0.05, 0) is 67.6 Å². The molecule has 6 rings (SSSR count). The molecule has 2 N–H and O–H groups in total. The molecule has 40 heavy (non-hydrogen) atoms. The average Bonchev–Trinajstić information content (AvgIpc) is 3.62. The first-order chi connectivity index (χ1) is 19.5. The molecule has 204 valence electrons. The van der Waals surface area contributed by atoms with Crippen LogP contribution in [0.1, 0.15) is 44.1 Å². The van der Waals surface area contributed by atoms with Crippen LogP contribution in [0.5, 0.6) is 0 Å². The number of fused-ring (bicyclic) bond motifs is 3. The van der Waals surface area contributed by atoms with Gasteiger partial charge >= 0.3 is 0 Å². The number of hydrogen-bond donors (Lipinski definition) is 2. The number of carbonyl (C=O) groups is 2. The predicted molar refractivity (Wildman–Crippen MR) is 156 cm³/mol.